The molecule has 0 aromatic carbocycles. The number of rotatable bonds is 53. The van der Waals surface area contributed by atoms with Gasteiger partial charge >= 0.3 is 7.82 Å². The van der Waals surface area contributed by atoms with E-state index in [1.54, 1.807) is 6.08 Å². The summed E-state index contributed by atoms with van der Waals surface area (Å²) in [5, 5.41) is 13.9. The summed E-state index contributed by atoms with van der Waals surface area (Å²) in [6, 6.07) is -0.867. The Morgan fingerprint density at radius 3 is 1.19 bits per heavy atom. The zero-order chi connectivity index (χ0) is 49.2. The highest BCUT2D eigenvalue weighted by Crippen LogP contribution is 2.43. The maximum Gasteiger partial charge on any atom is 0.472 e. The van der Waals surface area contributed by atoms with Gasteiger partial charge in [0.15, 0.2) is 0 Å². The van der Waals surface area contributed by atoms with E-state index in [1.807, 2.05) is 27.2 Å². The fourth-order valence-electron chi connectivity index (χ4n) is 8.55. The number of allylic oxidation sites excluding steroid dienone is 5. The normalized spacial score (nSPS) is 14.2. The quantitative estimate of drug-likeness (QED) is 0.0243. The first kappa shape index (κ1) is 65.7. The summed E-state index contributed by atoms with van der Waals surface area (Å²) in [5.41, 5.74) is 0. The van der Waals surface area contributed by atoms with Crippen LogP contribution in [0.2, 0.25) is 0 Å². The highest BCUT2D eigenvalue weighted by Gasteiger charge is 2.27. The van der Waals surface area contributed by atoms with E-state index in [-0.39, 0.29) is 19.1 Å². The lowest BCUT2D eigenvalue weighted by atomic mass is 10.0. The van der Waals surface area contributed by atoms with Crippen LogP contribution in [0.25, 0.3) is 0 Å². The van der Waals surface area contributed by atoms with Crippen LogP contribution in [0.1, 0.15) is 277 Å². The minimum absolute atomic E-state index is 0.0549. The number of quaternary nitrogens is 1. The highest BCUT2D eigenvalue weighted by atomic mass is 31.2. The highest BCUT2D eigenvalue weighted by molar-refractivity contribution is 7.47. The van der Waals surface area contributed by atoms with Crippen LogP contribution in [0, 0.1) is 0 Å². The monoisotopic (exact) mass is 966 g/mol. The summed E-state index contributed by atoms with van der Waals surface area (Å²) in [6.07, 6.45) is 64.1. The molecule has 67 heavy (non-hydrogen) atoms. The Morgan fingerprint density at radius 1 is 0.493 bits per heavy atom. The Kier molecular flexibility index (Phi) is 48.7. The summed E-state index contributed by atoms with van der Waals surface area (Å²) in [7, 11) is 1.55. The number of carbonyl (C=O) groups is 1. The number of nitrogens with one attached hydrogen (secondary N) is 1. The molecule has 0 aliphatic carbocycles. The average molecular weight is 967 g/mol. The molecular formula is C58H114N2O6P+. The second-order valence-corrected chi connectivity index (χ2v) is 22.5. The molecule has 0 saturated heterocycles. The van der Waals surface area contributed by atoms with Crippen LogP contribution < -0.4 is 5.32 Å². The summed E-state index contributed by atoms with van der Waals surface area (Å²) in [6.45, 7) is 4.79. The first-order chi connectivity index (χ1) is 32.5. The van der Waals surface area contributed by atoms with Gasteiger partial charge in [0.25, 0.3) is 0 Å². The van der Waals surface area contributed by atoms with E-state index in [4.69, 9.17) is 9.05 Å². The zero-order valence-electron chi connectivity index (χ0n) is 45.2. The van der Waals surface area contributed by atoms with E-state index in [0.29, 0.717) is 17.4 Å². The molecule has 9 heteroatoms. The number of nitrogens with zero attached hydrogens (tertiary/aromatic N) is 1. The van der Waals surface area contributed by atoms with E-state index in [1.165, 1.54) is 212 Å². The van der Waals surface area contributed by atoms with Gasteiger partial charge in [0.05, 0.1) is 39.9 Å². The molecule has 3 unspecified atom stereocenters. The lowest BCUT2D eigenvalue weighted by molar-refractivity contribution is -0.870. The maximum absolute atomic E-state index is 12.9. The lowest BCUT2D eigenvalue weighted by Crippen LogP contribution is -2.45. The van der Waals surface area contributed by atoms with Crippen molar-refractivity contribution in [3.63, 3.8) is 0 Å². The van der Waals surface area contributed by atoms with Gasteiger partial charge in [-0.05, 0) is 44.9 Å². The number of amides is 1. The standard InChI is InChI=1S/C58H113N2O6P/c1-6-8-10-12-14-16-18-20-22-23-24-25-26-27-28-29-30-31-32-33-34-35-36-37-38-40-42-44-46-48-50-52-58(62)59-56(55-66-67(63,64)65-54-53-60(3,4)5)57(61)51-49-47-45-43-41-39-21-19-17-15-13-11-9-7-2/h17,19,41,43,49,51,56-57,61H,6-16,18,20-40,42,44-48,50,52-55H2,1-5H3,(H-,59,62,63,64)/p+1/b19-17+,43-41+,51-49+. The minimum atomic E-state index is -4.35. The van der Waals surface area contributed by atoms with Gasteiger partial charge in [0, 0.05) is 6.42 Å². The third-order valence-corrected chi connectivity index (χ3v) is 14.1. The van der Waals surface area contributed by atoms with Crippen LogP contribution in [0.4, 0.5) is 0 Å². The van der Waals surface area contributed by atoms with Crippen molar-refractivity contribution in [2.45, 2.75) is 289 Å². The molecule has 0 aromatic heterocycles. The molecule has 8 nitrogen and oxygen atoms in total. The Bertz CT molecular complexity index is 1190. The molecule has 3 atom stereocenters. The first-order valence-corrected chi connectivity index (χ1v) is 30.4. The molecule has 0 aliphatic heterocycles. The summed E-state index contributed by atoms with van der Waals surface area (Å²) in [4.78, 5) is 23.2. The Hall–Kier alpha value is -1.28. The number of aliphatic hydroxyl groups excluding tert-OH is 1. The smallest absolute Gasteiger partial charge is 0.387 e. The first-order valence-electron chi connectivity index (χ1n) is 28.9. The SMILES string of the molecule is CCCCCC/C=C/CC/C=C/CC/C=C/C(O)C(COP(=O)(O)OCC[N+](C)(C)C)NC(=O)CCCCCCCCCCCCCCCCCCCCCCCCCCCCCCCCC. The lowest BCUT2D eigenvalue weighted by Gasteiger charge is -2.25. The van der Waals surface area contributed by atoms with Gasteiger partial charge in [-0.1, -0.05) is 262 Å². The molecule has 0 spiro atoms. The minimum Gasteiger partial charge on any atom is -0.387 e. The fourth-order valence-corrected chi connectivity index (χ4v) is 9.28. The zero-order valence-corrected chi connectivity index (χ0v) is 46.0. The van der Waals surface area contributed by atoms with Crippen LogP contribution in [-0.4, -0.2) is 73.4 Å². The van der Waals surface area contributed by atoms with E-state index in [2.05, 4.69) is 43.5 Å². The number of carbonyl (C=O) groups excluding carboxylic acids is 1. The largest absolute Gasteiger partial charge is 0.472 e. The number of hydrogen-bond acceptors (Lipinski definition) is 5. The van der Waals surface area contributed by atoms with Crippen molar-refractivity contribution in [2.75, 3.05) is 40.9 Å². The number of hydrogen-bond donors (Lipinski definition) is 3. The molecule has 1 amide bonds. The van der Waals surface area contributed by atoms with Gasteiger partial charge in [-0.15, -0.1) is 0 Å². The Balaban J connectivity index is 4.05. The fraction of sp³-hybridized carbons (Fsp3) is 0.879. The van der Waals surface area contributed by atoms with Crippen LogP contribution in [-0.2, 0) is 18.4 Å². The maximum atomic E-state index is 12.9. The van der Waals surface area contributed by atoms with Gasteiger partial charge in [-0.25, -0.2) is 4.57 Å². The molecule has 3 N–H and O–H groups in total. The molecule has 0 aliphatic rings. The number of phosphoric ester groups is 1. The van der Waals surface area contributed by atoms with Crippen molar-refractivity contribution in [3.8, 4) is 0 Å². The van der Waals surface area contributed by atoms with Gasteiger partial charge in [0.1, 0.15) is 13.2 Å². The Labute approximate surface area is 417 Å². The summed E-state index contributed by atoms with van der Waals surface area (Å²) in [5.74, 6) is -0.187. The van der Waals surface area contributed by atoms with Gasteiger partial charge < -0.3 is 19.8 Å². The second-order valence-electron chi connectivity index (χ2n) is 21.0. The van der Waals surface area contributed by atoms with Crippen molar-refractivity contribution in [2.24, 2.45) is 0 Å². The molecule has 396 valence electrons. The van der Waals surface area contributed by atoms with Crippen LogP contribution in [0.3, 0.4) is 0 Å². The van der Waals surface area contributed by atoms with E-state index in [9.17, 15) is 19.4 Å². The number of unbranched alkanes of at least 4 members (excludes halogenated alkanes) is 36. The number of aliphatic hydroxyl groups is 1. The van der Waals surface area contributed by atoms with E-state index < -0.39 is 20.0 Å². The van der Waals surface area contributed by atoms with Crippen molar-refractivity contribution in [3.05, 3.63) is 36.5 Å². The predicted octanol–water partition coefficient (Wildman–Crippen LogP) is 17.4. The average Bonchev–Trinajstić information content (AvgIpc) is 3.29. The van der Waals surface area contributed by atoms with Gasteiger partial charge in [-0.3, -0.25) is 13.8 Å². The van der Waals surface area contributed by atoms with Crippen molar-refractivity contribution in [1.82, 2.24) is 5.32 Å². The predicted molar refractivity (Wildman–Crippen MR) is 291 cm³/mol. The molecule has 0 saturated carbocycles. The van der Waals surface area contributed by atoms with Crippen molar-refractivity contribution >= 4 is 13.7 Å². The molecule has 0 radical (unpaired) electrons. The summed E-state index contributed by atoms with van der Waals surface area (Å²) < 4.78 is 23.6. The molecule has 0 aromatic rings. The van der Waals surface area contributed by atoms with Crippen molar-refractivity contribution < 1.29 is 32.9 Å². The second kappa shape index (κ2) is 49.7. The molecular weight excluding hydrogens is 852 g/mol. The molecule has 0 bridgehead atoms. The van der Waals surface area contributed by atoms with Crippen molar-refractivity contribution in [1.29, 1.82) is 0 Å². The Morgan fingerprint density at radius 2 is 0.821 bits per heavy atom. The van der Waals surface area contributed by atoms with Crippen LogP contribution >= 0.6 is 7.82 Å². The number of phosphoric acid groups is 1. The summed E-state index contributed by atoms with van der Waals surface area (Å²) >= 11 is 0. The van der Waals surface area contributed by atoms with Crippen LogP contribution in [0.5, 0.6) is 0 Å². The topological polar surface area (TPSA) is 105 Å². The van der Waals surface area contributed by atoms with Gasteiger partial charge in [-0.2, -0.15) is 0 Å². The molecule has 0 rings (SSSR count). The van der Waals surface area contributed by atoms with E-state index in [0.717, 1.165) is 44.9 Å². The molecule has 0 heterocycles. The molecule has 0 fully saturated rings. The third kappa shape index (κ3) is 52.4. The van der Waals surface area contributed by atoms with Gasteiger partial charge in [0.2, 0.25) is 5.91 Å². The third-order valence-electron chi connectivity index (χ3n) is 13.1. The number of likely N-dealkylation sites (N-methyl/N-ethyl adjacent to an activating group) is 1. The van der Waals surface area contributed by atoms with Crippen LogP contribution in [0.15, 0.2) is 36.5 Å². The van der Waals surface area contributed by atoms with E-state index >= 15 is 0 Å².